The van der Waals surface area contributed by atoms with E-state index in [4.69, 9.17) is 13.3 Å². The van der Waals surface area contributed by atoms with Crippen molar-refractivity contribution < 1.29 is 13.3 Å². The lowest BCUT2D eigenvalue weighted by atomic mass is 10.1. The summed E-state index contributed by atoms with van der Waals surface area (Å²) in [6.45, 7) is 0.745. The van der Waals surface area contributed by atoms with Crippen LogP contribution in [-0.4, -0.2) is 41.7 Å². The zero-order valence-electron chi connectivity index (χ0n) is 5.66. The summed E-state index contributed by atoms with van der Waals surface area (Å²) >= 11 is 2.30. The summed E-state index contributed by atoms with van der Waals surface area (Å²) in [6.07, 6.45) is 2.45. The fraction of sp³-hybridized carbons (Fsp3) is 1.00. The van der Waals surface area contributed by atoms with Crippen molar-refractivity contribution in [2.45, 2.75) is 31.3 Å². The van der Waals surface area contributed by atoms with Crippen molar-refractivity contribution in [1.29, 1.82) is 0 Å². The highest BCUT2D eigenvalue weighted by atomic mass is 27.1. The van der Waals surface area contributed by atoms with Crippen LogP contribution in [0.5, 0.6) is 0 Å². The van der Waals surface area contributed by atoms with Gasteiger partial charge in [-0.2, -0.15) is 0 Å². The Balaban J connectivity index is 1.96. The summed E-state index contributed by atoms with van der Waals surface area (Å²) in [5.74, 6) is 0. The van der Waals surface area contributed by atoms with Crippen molar-refractivity contribution in [3.63, 3.8) is 0 Å². The van der Waals surface area contributed by atoms with Gasteiger partial charge in [-0.15, -0.1) is 0 Å². The molecule has 0 aromatic rings. The van der Waals surface area contributed by atoms with Crippen LogP contribution in [0.4, 0.5) is 0 Å². The molecule has 3 atom stereocenters. The van der Waals surface area contributed by atoms with Gasteiger partial charge in [0, 0.05) is 12.5 Å². The normalized spacial score (nSPS) is 45.8. The van der Waals surface area contributed by atoms with Gasteiger partial charge in [-0.25, -0.2) is 0 Å². The van der Waals surface area contributed by atoms with Crippen molar-refractivity contribution in [2.24, 2.45) is 0 Å². The van der Waals surface area contributed by atoms with Gasteiger partial charge >= 0.3 is 16.6 Å². The predicted molar refractivity (Wildman–Crippen MR) is 34.5 cm³/mol. The van der Waals surface area contributed by atoms with Crippen LogP contribution in [0.2, 0.25) is 0 Å². The molecule has 0 aromatic heterocycles. The molecule has 54 valence electrons. The van der Waals surface area contributed by atoms with E-state index in [0.29, 0.717) is 6.10 Å². The smallest absolute Gasteiger partial charge is 0.369 e. The maximum Gasteiger partial charge on any atom is 0.369 e. The van der Waals surface area contributed by atoms with Gasteiger partial charge in [0.05, 0.1) is 12.7 Å². The van der Waals surface area contributed by atoms with E-state index in [1.807, 2.05) is 0 Å². The number of hydrogen-bond donors (Lipinski definition) is 0. The van der Waals surface area contributed by atoms with Crippen LogP contribution in [0, 0.1) is 0 Å². The highest BCUT2D eigenvalue weighted by Crippen LogP contribution is 2.27. The van der Waals surface area contributed by atoms with Crippen molar-refractivity contribution in [3.8, 4) is 0 Å². The van der Waals surface area contributed by atoms with E-state index in [9.17, 15) is 0 Å². The Labute approximate surface area is 68.4 Å². The molecule has 4 heteroatoms. The topological polar surface area (TPSA) is 27.7 Å². The minimum Gasteiger partial charge on any atom is -0.513 e. The molecule has 0 aromatic carbocycles. The van der Waals surface area contributed by atoms with Gasteiger partial charge < -0.3 is 13.3 Å². The molecule has 2 saturated heterocycles. The summed E-state index contributed by atoms with van der Waals surface area (Å²) < 4.78 is 15.8. The van der Waals surface area contributed by atoms with Crippen molar-refractivity contribution in [2.75, 3.05) is 6.61 Å². The maximum absolute atomic E-state index is 5.42. The zero-order valence-corrected chi connectivity index (χ0v) is 6.81. The standard InChI is InChI=1S/C6H9O3.Al/c7-4-1-5-3-8-6(2-4)9-5;/h4-6H,1-3H2;/q-1;+1/t4?,5-,6+;/m0./s1. The van der Waals surface area contributed by atoms with Crippen molar-refractivity contribution in [3.05, 3.63) is 0 Å². The molecule has 0 spiro atoms. The third kappa shape index (κ3) is 1.23. The highest BCUT2D eigenvalue weighted by Gasteiger charge is 2.35. The van der Waals surface area contributed by atoms with Gasteiger partial charge in [-0.05, 0) is 6.42 Å². The highest BCUT2D eigenvalue weighted by molar-refractivity contribution is 5.98. The lowest BCUT2D eigenvalue weighted by Crippen LogP contribution is -2.30. The molecular formula is C6H9AlO3. The molecule has 2 bridgehead atoms. The molecule has 0 amide bonds. The molecule has 2 fully saturated rings. The lowest BCUT2D eigenvalue weighted by molar-refractivity contribution is -0.110. The maximum atomic E-state index is 5.42. The first-order chi connectivity index (χ1) is 4.88. The Morgan fingerprint density at radius 2 is 2.30 bits per heavy atom. The van der Waals surface area contributed by atoms with E-state index in [-0.39, 0.29) is 12.4 Å². The van der Waals surface area contributed by atoms with Crippen molar-refractivity contribution in [1.82, 2.24) is 0 Å². The van der Waals surface area contributed by atoms with E-state index >= 15 is 0 Å². The number of fused-ring (bicyclic) bond motifs is 2. The Hall–Kier alpha value is 0.412. The average Bonchev–Trinajstić information content (AvgIpc) is 2.30. The van der Waals surface area contributed by atoms with Crippen molar-refractivity contribution >= 4 is 16.6 Å². The molecule has 10 heavy (non-hydrogen) atoms. The molecule has 0 aliphatic carbocycles. The number of rotatable bonds is 1. The Morgan fingerprint density at radius 3 is 3.00 bits per heavy atom. The molecule has 2 aliphatic heterocycles. The second-order valence-electron chi connectivity index (χ2n) is 2.75. The number of hydrogen-bond acceptors (Lipinski definition) is 3. The fourth-order valence-corrected chi connectivity index (χ4v) is 1.69. The van der Waals surface area contributed by atoms with E-state index in [1.165, 1.54) is 0 Å². The fourth-order valence-electron chi connectivity index (χ4n) is 1.47. The SMILES string of the molecule is [Al][O]C1C[C@H]2CO[C@@H](C1)O2. The molecule has 3 nitrogen and oxygen atoms in total. The quantitative estimate of drug-likeness (QED) is 0.500. The van der Waals surface area contributed by atoms with Gasteiger partial charge in [0.1, 0.15) is 0 Å². The molecule has 2 rings (SSSR count). The van der Waals surface area contributed by atoms with Gasteiger partial charge in [-0.3, -0.25) is 0 Å². The third-order valence-electron chi connectivity index (χ3n) is 1.99. The van der Waals surface area contributed by atoms with Crippen LogP contribution < -0.4 is 0 Å². The molecule has 0 N–H and O–H groups in total. The molecule has 0 saturated carbocycles. The van der Waals surface area contributed by atoms with Crippen LogP contribution in [-0.2, 0) is 13.3 Å². The largest absolute Gasteiger partial charge is 0.513 e. The minimum absolute atomic E-state index is 0.00398. The summed E-state index contributed by atoms with van der Waals surface area (Å²) in [5, 5.41) is 0. The second kappa shape index (κ2) is 2.80. The molecule has 2 aliphatic rings. The van der Waals surface area contributed by atoms with E-state index < -0.39 is 0 Å². The first-order valence-corrected chi connectivity index (χ1v) is 3.98. The van der Waals surface area contributed by atoms with Gasteiger partial charge in [-0.1, -0.05) is 0 Å². The summed E-state index contributed by atoms with van der Waals surface area (Å²) in [4.78, 5) is 0. The monoisotopic (exact) mass is 156 g/mol. The summed E-state index contributed by atoms with van der Waals surface area (Å²) in [7, 11) is 0. The Morgan fingerprint density at radius 1 is 1.40 bits per heavy atom. The first kappa shape index (κ1) is 7.08. The third-order valence-corrected chi connectivity index (χ3v) is 2.37. The summed E-state index contributed by atoms with van der Waals surface area (Å²) in [6, 6.07) is 0. The van der Waals surface area contributed by atoms with Gasteiger partial charge in [0.15, 0.2) is 6.29 Å². The lowest BCUT2D eigenvalue weighted by Gasteiger charge is -2.26. The van der Waals surface area contributed by atoms with Gasteiger partial charge in [0.2, 0.25) is 0 Å². The minimum atomic E-state index is 0.00398. The molecule has 1 unspecified atom stereocenters. The molecule has 2 radical (unpaired) electrons. The zero-order chi connectivity index (χ0) is 6.97. The van der Waals surface area contributed by atoms with Crippen LogP contribution in [0.3, 0.4) is 0 Å². The van der Waals surface area contributed by atoms with Crippen LogP contribution >= 0.6 is 0 Å². The second-order valence-corrected chi connectivity index (χ2v) is 3.02. The van der Waals surface area contributed by atoms with Crippen LogP contribution in [0.15, 0.2) is 0 Å². The van der Waals surface area contributed by atoms with Crippen LogP contribution in [0.1, 0.15) is 12.8 Å². The Bertz CT molecular complexity index is 118. The first-order valence-electron chi connectivity index (χ1n) is 3.51. The number of ether oxygens (including phenoxy) is 2. The average molecular weight is 156 g/mol. The van der Waals surface area contributed by atoms with E-state index in [0.717, 1.165) is 19.4 Å². The van der Waals surface area contributed by atoms with E-state index in [1.54, 1.807) is 0 Å². The van der Waals surface area contributed by atoms with Crippen LogP contribution in [0.25, 0.3) is 0 Å². The molecule has 2 heterocycles. The Kier molecular flexibility index (Phi) is 1.99. The predicted octanol–water partition coefficient (Wildman–Crippen LogP) is -0.00960. The van der Waals surface area contributed by atoms with Gasteiger partial charge in [0.25, 0.3) is 0 Å². The summed E-state index contributed by atoms with van der Waals surface area (Å²) in [5.41, 5.74) is 0. The van der Waals surface area contributed by atoms with E-state index in [2.05, 4.69) is 16.6 Å². The molecular weight excluding hydrogens is 147 g/mol.